The molecule has 128 valence electrons. The van der Waals surface area contributed by atoms with E-state index in [0.29, 0.717) is 23.4 Å². The summed E-state index contributed by atoms with van der Waals surface area (Å²) in [6, 6.07) is 9.44. The standard InChI is InChI=1S/C20H20N2O3/c1-12-4-5-15-14(3)16(20(24)25-17(15)10-12)6-7-19(23)22-18-11-13(2)8-9-21-18/h4-5,8-11H,6-7H2,1-3H3,(H,21,22,23). The Hall–Kier alpha value is -2.95. The lowest BCUT2D eigenvalue weighted by atomic mass is 10.0. The van der Waals surface area contributed by atoms with Crippen LogP contribution in [-0.4, -0.2) is 10.9 Å². The molecule has 1 N–H and O–H groups in total. The molecule has 1 amide bonds. The summed E-state index contributed by atoms with van der Waals surface area (Å²) in [6.45, 7) is 5.78. The average molecular weight is 336 g/mol. The van der Waals surface area contributed by atoms with Gasteiger partial charge in [0.05, 0.1) is 0 Å². The Morgan fingerprint density at radius 2 is 1.88 bits per heavy atom. The van der Waals surface area contributed by atoms with Gasteiger partial charge < -0.3 is 9.73 Å². The number of rotatable bonds is 4. The molecule has 3 rings (SSSR count). The fraction of sp³-hybridized carbons (Fsp3) is 0.250. The van der Waals surface area contributed by atoms with Crippen molar-refractivity contribution in [3.63, 3.8) is 0 Å². The number of carbonyl (C=O) groups excluding carboxylic acids is 1. The molecule has 0 spiro atoms. The number of amides is 1. The van der Waals surface area contributed by atoms with E-state index >= 15 is 0 Å². The van der Waals surface area contributed by atoms with Crippen molar-refractivity contribution in [1.29, 1.82) is 0 Å². The predicted octanol–water partition coefficient (Wildman–Crippen LogP) is 3.68. The summed E-state index contributed by atoms with van der Waals surface area (Å²) in [6.07, 6.45) is 2.17. The minimum Gasteiger partial charge on any atom is -0.423 e. The van der Waals surface area contributed by atoms with Gasteiger partial charge in [0.25, 0.3) is 0 Å². The van der Waals surface area contributed by atoms with Crippen LogP contribution in [0.2, 0.25) is 0 Å². The van der Waals surface area contributed by atoms with E-state index in [9.17, 15) is 9.59 Å². The molecule has 0 atom stereocenters. The topological polar surface area (TPSA) is 72.2 Å². The molecule has 0 unspecified atom stereocenters. The zero-order valence-corrected chi connectivity index (χ0v) is 14.6. The van der Waals surface area contributed by atoms with Crippen molar-refractivity contribution >= 4 is 22.7 Å². The third kappa shape index (κ3) is 3.76. The second-order valence-corrected chi connectivity index (χ2v) is 6.26. The molecular weight excluding hydrogens is 316 g/mol. The van der Waals surface area contributed by atoms with Crippen LogP contribution in [0.4, 0.5) is 5.82 Å². The molecule has 1 aromatic carbocycles. The Morgan fingerprint density at radius 3 is 2.64 bits per heavy atom. The van der Waals surface area contributed by atoms with Crippen LogP contribution in [0, 0.1) is 20.8 Å². The van der Waals surface area contributed by atoms with Crippen molar-refractivity contribution in [3.05, 3.63) is 69.2 Å². The Bertz CT molecular complexity index is 1010. The molecule has 5 nitrogen and oxygen atoms in total. The number of aromatic nitrogens is 1. The molecule has 3 aromatic rings. The number of hydrogen-bond acceptors (Lipinski definition) is 4. The second kappa shape index (κ2) is 6.89. The highest BCUT2D eigenvalue weighted by molar-refractivity contribution is 5.90. The maximum atomic E-state index is 12.3. The third-order valence-electron chi connectivity index (χ3n) is 4.23. The maximum Gasteiger partial charge on any atom is 0.339 e. The van der Waals surface area contributed by atoms with Crippen LogP contribution in [-0.2, 0) is 11.2 Å². The van der Waals surface area contributed by atoms with Crippen LogP contribution in [0.3, 0.4) is 0 Å². The van der Waals surface area contributed by atoms with E-state index in [-0.39, 0.29) is 18.0 Å². The Balaban J connectivity index is 1.78. The van der Waals surface area contributed by atoms with Gasteiger partial charge in [0.15, 0.2) is 0 Å². The van der Waals surface area contributed by atoms with Gasteiger partial charge in [0.2, 0.25) is 5.91 Å². The molecule has 2 heterocycles. The first-order valence-corrected chi connectivity index (χ1v) is 8.19. The number of nitrogens with one attached hydrogen (secondary N) is 1. The first-order valence-electron chi connectivity index (χ1n) is 8.19. The Kier molecular flexibility index (Phi) is 4.65. The normalized spacial score (nSPS) is 10.8. The van der Waals surface area contributed by atoms with Gasteiger partial charge in [-0.25, -0.2) is 9.78 Å². The van der Waals surface area contributed by atoms with Gasteiger partial charge in [-0.3, -0.25) is 4.79 Å². The van der Waals surface area contributed by atoms with Crippen LogP contribution >= 0.6 is 0 Å². The zero-order valence-electron chi connectivity index (χ0n) is 14.6. The number of aryl methyl sites for hydroxylation is 3. The minimum atomic E-state index is -0.378. The molecule has 2 aromatic heterocycles. The van der Waals surface area contributed by atoms with Gasteiger partial charge in [0, 0.05) is 23.6 Å². The van der Waals surface area contributed by atoms with E-state index in [0.717, 1.165) is 22.1 Å². The lowest BCUT2D eigenvalue weighted by molar-refractivity contribution is -0.116. The Labute approximate surface area is 145 Å². The molecule has 0 bridgehead atoms. The first-order chi connectivity index (χ1) is 11.9. The van der Waals surface area contributed by atoms with Crippen LogP contribution in [0.15, 0.2) is 45.7 Å². The summed E-state index contributed by atoms with van der Waals surface area (Å²) in [4.78, 5) is 28.5. The van der Waals surface area contributed by atoms with E-state index in [1.807, 2.05) is 45.0 Å². The lowest BCUT2D eigenvalue weighted by Crippen LogP contribution is -2.17. The van der Waals surface area contributed by atoms with E-state index < -0.39 is 0 Å². The van der Waals surface area contributed by atoms with Crippen LogP contribution in [0.25, 0.3) is 11.0 Å². The molecule has 0 saturated heterocycles. The molecule has 25 heavy (non-hydrogen) atoms. The predicted molar refractivity (Wildman–Crippen MR) is 97.9 cm³/mol. The highest BCUT2D eigenvalue weighted by Crippen LogP contribution is 2.21. The van der Waals surface area contributed by atoms with Crippen LogP contribution in [0.5, 0.6) is 0 Å². The van der Waals surface area contributed by atoms with Gasteiger partial charge >= 0.3 is 5.63 Å². The van der Waals surface area contributed by atoms with E-state index in [4.69, 9.17) is 4.42 Å². The monoisotopic (exact) mass is 336 g/mol. The summed E-state index contributed by atoms with van der Waals surface area (Å²) in [5, 5.41) is 3.66. The quantitative estimate of drug-likeness (QED) is 0.738. The van der Waals surface area contributed by atoms with Crippen molar-refractivity contribution in [2.45, 2.75) is 33.6 Å². The van der Waals surface area contributed by atoms with Gasteiger partial charge in [-0.15, -0.1) is 0 Å². The molecule has 0 aliphatic heterocycles. The number of carbonyl (C=O) groups is 1. The molecule has 0 radical (unpaired) electrons. The number of benzene rings is 1. The van der Waals surface area contributed by atoms with Crippen LogP contribution in [0.1, 0.15) is 28.7 Å². The highest BCUT2D eigenvalue weighted by atomic mass is 16.4. The summed E-state index contributed by atoms with van der Waals surface area (Å²) in [5.41, 5.74) is 3.67. The highest BCUT2D eigenvalue weighted by Gasteiger charge is 2.13. The summed E-state index contributed by atoms with van der Waals surface area (Å²) in [7, 11) is 0. The maximum absolute atomic E-state index is 12.3. The van der Waals surface area contributed by atoms with Crippen molar-refractivity contribution in [1.82, 2.24) is 4.98 Å². The fourth-order valence-electron chi connectivity index (χ4n) is 2.84. The smallest absolute Gasteiger partial charge is 0.339 e. The molecule has 5 heteroatoms. The van der Waals surface area contributed by atoms with E-state index in [1.54, 1.807) is 12.3 Å². The second-order valence-electron chi connectivity index (χ2n) is 6.26. The number of nitrogens with zero attached hydrogens (tertiary/aromatic N) is 1. The Morgan fingerprint density at radius 1 is 1.12 bits per heavy atom. The fourth-order valence-corrected chi connectivity index (χ4v) is 2.84. The SMILES string of the molecule is Cc1ccnc(NC(=O)CCc2c(C)c3ccc(C)cc3oc2=O)c1. The van der Waals surface area contributed by atoms with Crippen molar-refractivity contribution in [3.8, 4) is 0 Å². The van der Waals surface area contributed by atoms with Crippen molar-refractivity contribution < 1.29 is 9.21 Å². The molecule has 0 aliphatic carbocycles. The average Bonchev–Trinajstić information content (AvgIpc) is 2.54. The largest absolute Gasteiger partial charge is 0.423 e. The number of fused-ring (bicyclic) bond motifs is 1. The summed E-state index contributed by atoms with van der Waals surface area (Å²) >= 11 is 0. The van der Waals surface area contributed by atoms with Crippen LogP contribution < -0.4 is 10.9 Å². The van der Waals surface area contributed by atoms with Crippen molar-refractivity contribution in [2.24, 2.45) is 0 Å². The lowest BCUT2D eigenvalue weighted by Gasteiger charge is -2.09. The number of pyridine rings is 1. The molecule has 0 fully saturated rings. The van der Waals surface area contributed by atoms with Gasteiger partial charge in [0.1, 0.15) is 11.4 Å². The summed E-state index contributed by atoms with van der Waals surface area (Å²) in [5.74, 6) is 0.337. The first kappa shape index (κ1) is 16.9. The van der Waals surface area contributed by atoms with E-state index in [1.165, 1.54) is 0 Å². The zero-order chi connectivity index (χ0) is 18.0. The molecule has 0 saturated carbocycles. The van der Waals surface area contributed by atoms with E-state index in [2.05, 4.69) is 10.3 Å². The molecule has 0 aliphatic rings. The van der Waals surface area contributed by atoms with Gasteiger partial charge in [-0.05, 0) is 62.1 Å². The minimum absolute atomic E-state index is 0.180. The number of hydrogen-bond donors (Lipinski definition) is 1. The number of anilines is 1. The third-order valence-corrected chi connectivity index (χ3v) is 4.23. The van der Waals surface area contributed by atoms with Gasteiger partial charge in [-0.1, -0.05) is 12.1 Å². The van der Waals surface area contributed by atoms with Gasteiger partial charge in [-0.2, -0.15) is 0 Å². The van der Waals surface area contributed by atoms with Crippen molar-refractivity contribution in [2.75, 3.05) is 5.32 Å². The summed E-state index contributed by atoms with van der Waals surface area (Å²) < 4.78 is 5.42. The molecular formula is C20H20N2O3.